The molecule has 1 aliphatic rings. The highest BCUT2D eigenvalue weighted by Crippen LogP contribution is 2.23. The number of nitrogen functional groups attached to an aromatic ring is 1. The molecule has 0 aromatic heterocycles. The maximum Gasteiger partial charge on any atom is 0.0917 e. The van der Waals surface area contributed by atoms with E-state index in [1.165, 1.54) is 0 Å². The largest absolute Gasteiger partial charge is 0.399 e. The number of rotatable bonds is 3. The van der Waals surface area contributed by atoms with E-state index in [9.17, 15) is 5.11 Å². The number of β-amino-alcohol motifs (C(OH)–C–C–N with tert-alkyl or cyclic N) is 1. The zero-order valence-electron chi connectivity index (χ0n) is 12.0. The summed E-state index contributed by atoms with van der Waals surface area (Å²) in [5, 5.41) is 10.3. The Labute approximate surface area is 115 Å². The standard InChI is InChI=1S/C15H24N2O2/c1-11-8-17(10-15(2,3)19-11)9-14(18)12-5-4-6-13(16)7-12/h4-7,11,14,18H,8-10,16H2,1-3H3. The molecule has 0 aliphatic carbocycles. The molecule has 0 saturated carbocycles. The van der Waals surface area contributed by atoms with Gasteiger partial charge in [0.05, 0.1) is 17.8 Å². The molecule has 19 heavy (non-hydrogen) atoms. The van der Waals surface area contributed by atoms with Crippen molar-refractivity contribution in [1.29, 1.82) is 0 Å². The Balaban J connectivity index is 2.00. The average Bonchev–Trinajstić information content (AvgIpc) is 2.25. The lowest BCUT2D eigenvalue weighted by molar-refractivity contribution is -0.133. The molecule has 2 atom stereocenters. The van der Waals surface area contributed by atoms with Gasteiger partial charge in [-0.1, -0.05) is 12.1 Å². The third kappa shape index (κ3) is 3.93. The lowest BCUT2D eigenvalue weighted by atomic mass is 10.0. The van der Waals surface area contributed by atoms with Gasteiger partial charge in [0.1, 0.15) is 0 Å². The molecule has 4 nitrogen and oxygen atoms in total. The van der Waals surface area contributed by atoms with Crippen LogP contribution in [-0.2, 0) is 4.74 Å². The Bertz CT molecular complexity index is 434. The van der Waals surface area contributed by atoms with Crippen LogP contribution in [0.25, 0.3) is 0 Å². The first kappa shape index (κ1) is 14.3. The van der Waals surface area contributed by atoms with Crippen molar-refractivity contribution < 1.29 is 9.84 Å². The van der Waals surface area contributed by atoms with Gasteiger partial charge in [-0.2, -0.15) is 0 Å². The van der Waals surface area contributed by atoms with Gasteiger partial charge in [-0.15, -0.1) is 0 Å². The number of nitrogens with zero attached hydrogens (tertiary/aromatic N) is 1. The van der Waals surface area contributed by atoms with E-state index in [0.717, 1.165) is 18.7 Å². The number of hydrogen-bond acceptors (Lipinski definition) is 4. The van der Waals surface area contributed by atoms with Crippen molar-refractivity contribution in [2.24, 2.45) is 0 Å². The van der Waals surface area contributed by atoms with E-state index in [2.05, 4.69) is 25.7 Å². The van der Waals surface area contributed by atoms with Crippen LogP contribution in [0.3, 0.4) is 0 Å². The van der Waals surface area contributed by atoms with Gasteiger partial charge < -0.3 is 15.6 Å². The van der Waals surface area contributed by atoms with Crippen molar-refractivity contribution in [2.75, 3.05) is 25.4 Å². The van der Waals surface area contributed by atoms with Crippen molar-refractivity contribution in [1.82, 2.24) is 4.90 Å². The van der Waals surface area contributed by atoms with Crippen molar-refractivity contribution in [3.8, 4) is 0 Å². The summed E-state index contributed by atoms with van der Waals surface area (Å²) in [6.07, 6.45) is -0.318. The van der Waals surface area contributed by atoms with E-state index < -0.39 is 6.10 Å². The fourth-order valence-electron chi connectivity index (χ4n) is 2.84. The first-order valence-corrected chi connectivity index (χ1v) is 6.79. The zero-order valence-corrected chi connectivity index (χ0v) is 12.0. The molecule has 106 valence electrons. The van der Waals surface area contributed by atoms with Crippen molar-refractivity contribution in [3.63, 3.8) is 0 Å². The van der Waals surface area contributed by atoms with Crippen LogP contribution < -0.4 is 5.73 Å². The quantitative estimate of drug-likeness (QED) is 0.817. The topological polar surface area (TPSA) is 58.7 Å². The minimum absolute atomic E-state index is 0.160. The van der Waals surface area contributed by atoms with Crippen LogP contribution in [0.1, 0.15) is 32.4 Å². The Hall–Kier alpha value is -1.10. The molecule has 1 saturated heterocycles. The van der Waals surface area contributed by atoms with Gasteiger partial charge in [0.15, 0.2) is 0 Å². The molecule has 0 amide bonds. The van der Waals surface area contributed by atoms with Gasteiger partial charge in [-0.3, -0.25) is 4.90 Å². The molecule has 0 spiro atoms. The van der Waals surface area contributed by atoms with Crippen LogP contribution in [0.5, 0.6) is 0 Å². The Morgan fingerprint density at radius 3 is 2.89 bits per heavy atom. The van der Waals surface area contributed by atoms with Crippen molar-refractivity contribution in [3.05, 3.63) is 29.8 Å². The fourth-order valence-corrected chi connectivity index (χ4v) is 2.84. The molecular weight excluding hydrogens is 240 g/mol. The van der Waals surface area contributed by atoms with Crippen LogP contribution in [0.2, 0.25) is 0 Å². The second-order valence-electron chi connectivity index (χ2n) is 6.07. The molecule has 1 aromatic rings. The minimum Gasteiger partial charge on any atom is -0.399 e. The second kappa shape index (κ2) is 5.49. The SMILES string of the molecule is CC1CN(CC(O)c2cccc(N)c2)CC(C)(C)O1. The fraction of sp³-hybridized carbons (Fsp3) is 0.600. The van der Waals surface area contributed by atoms with Crippen molar-refractivity contribution in [2.45, 2.75) is 38.6 Å². The number of ether oxygens (including phenoxy) is 1. The second-order valence-corrected chi connectivity index (χ2v) is 6.07. The number of aliphatic hydroxyl groups excluding tert-OH is 1. The summed E-state index contributed by atoms with van der Waals surface area (Å²) in [5.41, 5.74) is 7.15. The van der Waals surface area contributed by atoms with Gasteiger partial charge in [-0.25, -0.2) is 0 Å². The van der Waals surface area contributed by atoms with Crippen LogP contribution in [0, 0.1) is 0 Å². The molecule has 4 heteroatoms. The highest BCUT2D eigenvalue weighted by atomic mass is 16.5. The summed E-state index contributed by atoms with van der Waals surface area (Å²) in [4.78, 5) is 2.25. The Morgan fingerprint density at radius 1 is 1.53 bits per heavy atom. The lowest BCUT2D eigenvalue weighted by Crippen LogP contribution is -2.52. The van der Waals surface area contributed by atoms with Gasteiger partial charge in [-0.05, 0) is 38.5 Å². The van der Waals surface area contributed by atoms with E-state index in [4.69, 9.17) is 10.5 Å². The molecule has 1 fully saturated rings. The number of aliphatic hydroxyl groups is 1. The maximum atomic E-state index is 10.3. The average molecular weight is 264 g/mol. The van der Waals surface area contributed by atoms with Gasteiger partial charge in [0.25, 0.3) is 0 Å². The normalized spacial score (nSPS) is 25.2. The molecule has 1 aromatic carbocycles. The van der Waals surface area contributed by atoms with E-state index in [-0.39, 0.29) is 11.7 Å². The van der Waals surface area contributed by atoms with E-state index in [0.29, 0.717) is 12.2 Å². The van der Waals surface area contributed by atoms with E-state index >= 15 is 0 Å². The van der Waals surface area contributed by atoms with Crippen LogP contribution in [0.4, 0.5) is 5.69 Å². The molecular formula is C15H24N2O2. The lowest BCUT2D eigenvalue weighted by Gasteiger charge is -2.42. The maximum absolute atomic E-state index is 10.3. The number of nitrogens with two attached hydrogens (primary N) is 1. The smallest absolute Gasteiger partial charge is 0.0917 e. The molecule has 3 N–H and O–H groups in total. The Morgan fingerprint density at radius 2 is 2.26 bits per heavy atom. The monoisotopic (exact) mass is 264 g/mol. The van der Waals surface area contributed by atoms with E-state index in [1.807, 2.05) is 24.3 Å². The predicted octanol–water partition coefficient (Wildman–Crippen LogP) is 1.80. The summed E-state index contributed by atoms with van der Waals surface area (Å²) in [6.45, 7) is 8.53. The number of benzene rings is 1. The third-order valence-corrected chi connectivity index (χ3v) is 3.37. The van der Waals surface area contributed by atoms with Crippen LogP contribution >= 0.6 is 0 Å². The molecule has 1 heterocycles. The van der Waals surface area contributed by atoms with Gasteiger partial charge >= 0.3 is 0 Å². The first-order chi connectivity index (χ1) is 8.85. The highest BCUT2D eigenvalue weighted by Gasteiger charge is 2.32. The van der Waals surface area contributed by atoms with Gasteiger partial charge in [0.2, 0.25) is 0 Å². The minimum atomic E-state index is -0.510. The molecule has 2 unspecified atom stereocenters. The number of anilines is 1. The highest BCUT2D eigenvalue weighted by molar-refractivity contribution is 5.41. The first-order valence-electron chi connectivity index (χ1n) is 6.79. The summed E-state index contributed by atoms with van der Waals surface area (Å²) in [5.74, 6) is 0. The van der Waals surface area contributed by atoms with Gasteiger partial charge in [0, 0.05) is 25.3 Å². The number of morpholine rings is 1. The number of hydrogen-bond donors (Lipinski definition) is 2. The zero-order chi connectivity index (χ0) is 14.0. The van der Waals surface area contributed by atoms with E-state index in [1.54, 1.807) is 0 Å². The molecule has 2 rings (SSSR count). The summed E-state index contributed by atoms with van der Waals surface area (Å²) < 4.78 is 5.87. The Kier molecular flexibility index (Phi) is 4.13. The third-order valence-electron chi connectivity index (χ3n) is 3.37. The summed E-state index contributed by atoms with van der Waals surface area (Å²) in [6, 6.07) is 7.45. The molecule has 0 bridgehead atoms. The molecule has 0 radical (unpaired) electrons. The van der Waals surface area contributed by atoms with Crippen LogP contribution in [-0.4, -0.2) is 41.3 Å². The summed E-state index contributed by atoms with van der Waals surface area (Å²) >= 11 is 0. The predicted molar refractivity (Wildman–Crippen MR) is 76.9 cm³/mol. The van der Waals surface area contributed by atoms with Crippen LogP contribution in [0.15, 0.2) is 24.3 Å². The molecule has 1 aliphatic heterocycles. The summed E-state index contributed by atoms with van der Waals surface area (Å²) in [7, 11) is 0. The van der Waals surface area contributed by atoms with Crippen molar-refractivity contribution >= 4 is 5.69 Å².